The van der Waals surface area contributed by atoms with Gasteiger partial charge < -0.3 is 15.0 Å². The van der Waals surface area contributed by atoms with Gasteiger partial charge in [-0.05, 0) is 25.0 Å². The van der Waals surface area contributed by atoms with Crippen LogP contribution in [0.2, 0.25) is 0 Å². The maximum atomic E-state index is 13.0. The van der Waals surface area contributed by atoms with Crippen molar-refractivity contribution in [3.63, 3.8) is 0 Å². The SMILES string of the molecule is CCNC(=NCC(C)(C)c1cccc(C(F)(F)F)c1)N(C)CC1CCOC1.I. The van der Waals surface area contributed by atoms with E-state index >= 15 is 0 Å². The molecule has 28 heavy (non-hydrogen) atoms. The van der Waals surface area contributed by atoms with E-state index in [1.807, 2.05) is 27.8 Å². The molecule has 1 aliphatic heterocycles. The first kappa shape index (κ1) is 25.0. The molecule has 0 amide bonds. The van der Waals surface area contributed by atoms with E-state index in [0.717, 1.165) is 44.8 Å². The predicted octanol–water partition coefficient (Wildman–Crippen LogP) is 4.53. The Labute approximate surface area is 182 Å². The molecule has 1 aliphatic rings. The number of benzene rings is 1. The van der Waals surface area contributed by atoms with Crippen molar-refractivity contribution in [2.24, 2.45) is 10.9 Å². The minimum atomic E-state index is -4.34. The standard InChI is InChI=1S/C20H30F3N3O.HI/c1-5-24-18(26(4)12-15-9-10-27-13-15)25-14-19(2,3)16-7-6-8-17(11-16)20(21,22)23;/h6-8,11,15H,5,9-10,12-14H2,1-4H3,(H,24,25);1H. The van der Waals surface area contributed by atoms with E-state index in [-0.39, 0.29) is 24.0 Å². The van der Waals surface area contributed by atoms with E-state index in [1.165, 1.54) is 12.1 Å². The van der Waals surface area contributed by atoms with Crippen LogP contribution in [0.4, 0.5) is 13.2 Å². The Morgan fingerprint density at radius 3 is 2.54 bits per heavy atom. The lowest BCUT2D eigenvalue weighted by Gasteiger charge is -2.28. The zero-order chi connectivity index (χ0) is 20.1. The fraction of sp³-hybridized carbons (Fsp3) is 0.650. The Kier molecular flexibility index (Phi) is 9.52. The van der Waals surface area contributed by atoms with Crippen molar-refractivity contribution < 1.29 is 17.9 Å². The van der Waals surface area contributed by atoms with Gasteiger partial charge in [0.1, 0.15) is 0 Å². The lowest BCUT2D eigenvalue weighted by molar-refractivity contribution is -0.137. The lowest BCUT2D eigenvalue weighted by Crippen LogP contribution is -2.42. The van der Waals surface area contributed by atoms with Crippen LogP contribution in [-0.2, 0) is 16.3 Å². The highest BCUT2D eigenvalue weighted by Gasteiger charge is 2.32. The van der Waals surface area contributed by atoms with Gasteiger partial charge in [0.05, 0.1) is 18.7 Å². The van der Waals surface area contributed by atoms with Crippen LogP contribution in [0.3, 0.4) is 0 Å². The number of nitrogens with zero attached hydrogens (tertiary/aromatic N) is 2. The molecule has 1 atom stereocenters. The minimum absolute atomic E-state index is 0. The third-order valence-electron chi connectivity index (χ3n) is 4.85. The minimum Gasteiger partial charge on any atom is -0.381 e. The fourth-order valence-electron chi connectivity index (χ4n) is 3.15. The molecule has 1 unspecified atom stereocenters. The van der Waals surface area contributed by atoms with Gasteiger partial charge in [0.2, 0.25) is 0 Å². The van der Waals surface area contributed by atoms with Gasteiger partial charge in [-0.15, -0.1) is 24.0 Å². The summed E-state index contributed by atoms with van der Waals surface area (Å²) in [6, 6.07) is 5.52. The topological polar surface area (TPSA) is 36.9 Å². The van der Waals surface area contributed by atoms with Crippen molar-refractivity contribution in [3.05, 3.63) is 35.4 Å². The van der Waals surface area contributed by atoms with Crippen molar-refractivity contribution in [2.75, 3.05) is 39.9 Å². The van der Waals surface area contributed by atoms with Crippen LogP contribution in [0.5, 0.6) is 0 Å². The van der Waals surface area contributed by atoms with Crippen molar-refractivity contribution in [1.29, 1.82) is 0 Å². The van der Waals surface area contributed by atoms with E-state index < -0.39 is 17.2 Å². The van der Waals surface area contributed by atoms with Gasteiger partial charge in [-0.1, -0.05) is 32.0 Å². The van der Waals surface area contributed by atoms with Gasteiger partial charge in [-0.3, -0.25) is 4.99 Å². The maximum absolute atomic E-state index is 13.0. The quantitative estimate of drug-likeness (QED) is 0.345. The van der Waals surface area contributed by atoms with Crippen LogP contribution in [0.15, 0.2) is 29.3 Å². The molecule has 1 aromatic rings. The fourth-order valence-corrected chi connectivity index (χ4v) is 3.15. The molecular formula is C20H31F3IN3O. The van der Waals surface area contributed by atoms with Gasteiger partial charge in [0.25, 0.3) is 0 Å². The number of hydrogen-bond donors (Lipinski definition) is 1. The number of nitrogens with one attached hydrogen (secondary N) is 1. The molecule has 8 heteroatoms. The molecule has 0 aliphatic carbocycles. The zero-order valence-corrected chi connectivity index (χ0v) is 19.3. The van der Waals surface area contributed by atoms with Gasteiger partial charge in [-0.25, -0.2) is 0 Å². The van der Waals surface area contributed by atoms with Crippen LogP contribution in [0.25, 0.3) is 0 Å². The Balaban J connectivity index is 0.00000392. The van der Waals surface area contributed by atoms with Gasteiger partial charge in [0.15, 0.2) is 5.96 Å². The maximum Gasteiger partial charge on any atom is 0.416 e. The molecule has 0 radical (unpaired) electrons. The molecule has 0 spiro atoms. The first-order valence-corrected chi connectivity index (χ1v) is 9.38. The summed E-state index contributed by atoms with van der Waals surface area (Å²) >= 11 is 0. The monoisotopic (exact) mass is 513 g/mol. The predicted molar refractivity (Wildman–Crippen MR) is 117 cm³/mol. The Morgan fingerprint density at radius 1 is 1.29 bits per heavy atom. The molecule has 160 valence electrons. The average Bonchev–Trinajstić information content (AvgIpc) is 3.11. The molecular weight excluding hydrogens is 482 g/mol. The number of alkyl halides is 3. The van der Waals surface area contributed by atoms with Gasteiger partial charge in [0, 0.05) is 38.1 Å². The number of guanidine groups is 1. The zero-order valence-electron chi connectivity index (χ0n) is 17.0. The molecule has 0 saturated carbocycles. The van der Waals surface area contributed by atoms with E-state index in [0.29, 0.717) is 18.0 Å². The van der Waals surface area contributed by atoms with Crippen molar-refractivity contribution in [2.45, 2.75) is 38.8 Å². The number of halogens is 4. The van der Waals surface area contributed by atoms with E-state index in [4.69, 9.17) is 9.73 Å². The first-order valence-electron chi connectivity index (χ1n) is 9.38. The Hall–Kier alpha value is -1.03. The summed E-state index contributed by atoms with van der Waals surface area (Å²) in [6.45, 7) is 9.36. The smallest absolute Gasteiger partial charge is 0.381 e. The highest BCUT2D eigenvalue weighted by molar-refractivity contribution is 14.0. The highest BCUT2D eigenvalue weighted by Crippen LogP contribution is 2.33. The summed E-state index contributed by atoms with van der Waals surface area (Å²) in [4.78, 5) is 6.78. The summed E-state index contributed by atoms with van der Waals surface area (Å²) in [6.07, 6.45) is -3.30. The second kappa shape index (κ2) is 10.7. The number of aliphatic imine (C=N–C) groups is 1. The lowest BCUT2D eigenvalue weighted by atomic mass is 9.84. The number of rotatable bonds is 6. The third kappa shape index (κ3) is 7.09. The van der Waals surface area contributed by atoms with Crippen LogP contribution >= 0.6 is 24.0 Å². The molecule has 0 bridgehead atoms. The van der Waals surface area contributed by atoms with E-state index in [9.17, 15) is 13.2 Å². The molecule has 1 fully saturated rings. The van der Waals surface area contributed by atoms with Gasteiger partial charge in [-0.2, -0.15) is 13.2 Å². The Morgan fingerprint density at radius 2 is 1.96 bits per heavy atom. The summed E-state index contributed by atoms with van der Waals surface area (Å²) < 4.78 is 44.5. The molecule has 4 nitrogen and oxygen atoms in total. The van der Waals surface area contributed by atoms with Crippen molar-refractivity contribution >= 4 is 29.9 Å². The second-order valence-corrected chi connectivity index (χ2v) is 7.74. The largest absolute Gasteiger partial charge is 0.416 e. The number of ether oxygens (including phenoxy) is 1. The van der Waals surface area contributed by atoms with Gasteiger partial charge >= 0.3 is 6.18 Å². The molecule has 2 rings (SSSR count). The Bertz CT molecular complexity index is 644. The molecule has 1 N–H and O–H groups in total. The first-order chi connectivity index (χ1) is 12.6. The summed E-state index contributed by atoms with van der Waals surface area (Å²) in [5, 5.41) is 3.27. The third-order valence-corrected chi connectivity index (χ3v) is 4.85. The second-order valence-electron chi connectivity index (χ2n) is 7.74. The normalized spacial score (nSPS) is 18.0. The molecule has 1 heterocycles. The average molecular weight is 513 g/mol. The summed E-state index contributed by atoms with van der Waals surface area (Å²) in [7, 11) is 1.98. The van der Waals surface area contributed by atoms with Crippen LogP contribution in [0.1, 0.15) is 38.3 Å². The van der Waals surface area contributed by atoms with E-state index in [1.54, 1.807) is 6.07 Å². The summed E-state index contributed by atoms with van der Waals surface area (Å²) in [5.74, 6) is 1.25. The van der Waals surface area contributed by atoms with Crippen molar-refractivity contribution in [3.8, 4) is 0 Å². The molecule has 1 aromatic carbocycles. The highest BCUT2D eigenvalue weighted by atomic mass is 127. The molecule has 1 saturated heterocycles. The van der Waals surface area contributed by atoms with Crippen LogP contribution in [0, 0.1) is 5.92 Å². The van der Waals surface area contributed by atoms with Crippen molar-refractivity contribution in [1.82, 2.24) is 10.2 Å². The van der Waals surface area contributed by atoms with Crippen LogP contribution in [-0.4, -0.2) is 50.8 Å². The summed E-state index contributed by atoms with van der Waals surface area (Å²) in [5.41, 5.74) is -0.509. The van der Waals surface area contributed by atoms with Crippen LogP contribution < -0.4 is 5.32 Å². The van der Waals surface area contributed by atoms with E-state index in [2.05, 4.69) is 10.2 Å². The number of hydrogen-bond acceptors (Lipinski definition) is 2. The molecule has 0 aromatic heterocycles.